The topological polar surface area (TPSA) is 97.3 Å². The van der Waals surface area contributed by atoms with E-state index in [4.69, 9.17) is 14.2 Å². The molecule has 4 aromatic carbocycles. The Hall–Kier alpha value is -4.82. The van der Waals surface area contributed by atoms with E-state index >= 15 is 0 Å². The number of carboxylic acids is 1. The number of hydrogen-bond acceptors (Lipinski definition) is 5. The van der Waals surface area contributed by atoms with Gasteiger partial charge in [-0.15, -0.1) is 0 Å². The smallest absolute Gasteiger partial charge is 0.336 e. The van der Waals surface area contributed by atoms with E-state index in [2.05, 4.69) is 5.32 Å². The lowest BCUT2D eigenvalue weighted by Crippen LogP contribution is -2.39. The Labute approximate surface area is 246 Å². The second-order valence-corrected chi connectivity index (χ2v) is 10.0. The summed E-state index contributed by atoms with van der Waals surface area (Å²) in [4.78, 5) is 26.5. The van der Waals surface area contributed by atoms with Crippen molar-refractivity contribution >= 4 is 17.7 Å². The fraction of sp³-hybridized carbons (Fsp3) is 0.235. The summed E-state index contributed by atoms with van der Waals surface area (Å²) >= 11 is 0. The molecule has 0 saturated carbocycles. The Kier molecular flexibility index (Phi) is 10.6. The third kappa shape index (κ3) is 8.84. The molecule has 2 amide bonds. The number of hydrogen-bond donors (Lipinski definition) is 2. The second-order valence-electron chi connectivity index (χ2n) is 10.0. The van der Waals surface area contributed by atoms with Crippen LogP contribution < -0.4 is 14.8 Å². The van der Waals surface area contributed by atoms with Crippen molar-refractivity contribution in [3.63, 3.8) is 0 Å². The molecule has 0 heterocycles. The van der Waals surface area contributed by atoms with Crippen LogP contribution in [0.25, 0.3) is 0 Å². The third-order valence-corrected chi connectivity index (χ3v) is 6.80. The second kappa shape index (κ2) is 14.7. The van der Waals surface area contributed by atoms with Crippen molar-refractivity contribution in [1.29, 1.82) is 0 Å². The highest BCUT2D eigenvalue weighted by Gasteiger charge is 2.33. The maximum atomic E-state index is 13.3. The average Bonchev–Trinajstić information content (AvgIpc) is 3.01. The highest BCUT2D eigenvalue weighted by Crippen LogP contribution is 2.23. The number of carbonyl (C=O) groups excluding carboxylic acids is 1. The fourth-order valence-corrected chi connectivity index (χ4v) is 4.26. The number of carboxylic acid groups (broad SMARTS) is 1. The molecule has 8 nitrogen and oxygen atoms in total. The molecule has 0 saturated heterocycles. The number of urea groups is 1. The van der Waals surface area contributed by atoms with Crippen LogP contribution in [0, 0.1) is 0 Å². The molecule has 0 aliphatic heterocycles. The average molecular weight is 569 g/mol. The van der Waals surface area contributed by atoms with E-state index in [1.54, 1.807) is 11.8 Å². The quantitative estimate of drug-likeness (QED) is 0.159. The zero-order valence-electron chi connectivity index (χ0n) is 23.9. The van der Waals surface area contributed by atoms with Gasteiger partial charge in [0.1, 0.15) is 17.2 Å². The molecular weight excluding hydrogens is 532 g/mol. The SMILES string of the molecule is COC(C)(Cc1ccc(OCCCN(Cc2ccccc2)C(=O)Nc2ccc(Oc3ccccc3)cc2)cc1)C(=O)O. The Morgan fingerprint density at radius 2 is 1.38 bits per heavy atom. The molecule has 0 aliphatic rings. The van der Waals surface area contributed by atoms with Crippen LogP contribution >= 0.6 is 0 Å². The van der Waals surface area contributed by atoms with E-state index in [0.29, 0.717) is 43.3 Å². The predicted octanol–water partition coefficient (Wildman–Crippen LogP) is 7.01. The lowest BCUT2D eigenvalue weighted by atomic mass is 9.96. The first-order valence-electron chi connectivity index (χ1n) is 13.8. The molecule has 218 valence electrons. The van der Waals surface area contributed by atoms with Gasteiger partial charge in [-0.1, -0.05) is 60.7 Å². The van der Waals surface area contributed by atoms with Crippen LogP contribution in [0.1, 0.15) is 24.5 Å². The number of benzene rings is 4. The zero-order chi connectivity index (χ0) is 29.8. The molecule has 0 aromatic heterocycles. The van der Waals surface area contributed by atoms with Gasteiger partial charge < -0.3 is 29.5 Å². The maximum Gasteiger partial charge on any atom is 0.336 e. The summed E-state index contributed by atoms with van der Waals surface area (Å²) in [6.07, 6.45) is 0.859. The van der Waals surface area contributed by atoms with Gasteiger partial charge in [-0.25, -0.2) is 9.59 Å². The summed E-state index contributed by atoms with van der Waals surface area (Å²) in [6.45, 7) is 2.90. The van der Waals surface area contributed by atoms with Crippen molar-refractivity contribution in [3.8, 4) is 17.2 Å². The predicted molar refractivity (Wildman–Crippen MR) is 162 cm³/mol. The number of nitrogens with one attached hydrogen (secondary N) is 1. The van der Waals surface area contributed by atoms with Gasteiger partial charge in [0.05, 0.1) is 6.61 Å². The van der Waals surface area contributed by atoms with Crippen molar-refractivity contribution in [2.75, 3.05) is 25.6 Å². The molecular formula is C34H36N2O6. The first-order valence-corrected chi connectivity index (χ1v) is 13.8. The van der Waals surface area contributed by atoms with Crippen molar-refractivity contribution in [1.82, 2.24) is 4.90 Å². The molecule has 0 bridgehead atoms. The molecule has 2 N–H and O–H groups in total. The normalized spacial score (nSPS) is 12.1. The number of rotatable bonds is 14. The zero-order valence-corrected chi connectivity index (χ0v) is 23.9. The largest absolute Gasteiger partial charge is 0.494 e. The maximum absolute atomic E-state index is 13.3. The number of methoxy groups -OCH3 is 1. The van der Waals surface area contributed by atoms with E-state index in [0.717, 1.165) is 16.9 Å². The highest BCUT2D eigenvalue weighted by molar-refractivity contribution is 5.89. The molecule has 1 atom stereocenters. The van der Waals surface area contributed by atoms with E-state index in [1.165, 1.54) is 7.11 Å². The van der Waals surface area contributed by atoms with Crippen LogP contribution in [-0.4, -0.2) is 47.9 Å². The first-order chi connectivity index (χ1) is 20.3. The van der Waals surface area contributed by atoms with Gasteiger partial charge in [0.25, 0.3) is 0 Å². The minimum Gasteiger partial charge on any atom is -0.494 e. The molecule has 0 radical (unpaired) electrons. The van der Waals surface area contributed by atoms with Gasteiger partial charge in [-0.2, -0.15) is 0 Å². The summed E-state index contributed by atoms with van der Waals surface area (Å²) in [7, 11) is 1.39. The number of anilines is 1. The molecule has 0 aliphatic carbocycles. The Morgan fingerprint density at radius 1 is 0.786 bits per heavy atom. The lowest BCUT2D eigenvalue weighted by molar-refractivity contribution is -0.159. The van der Waals surface area contributed by atoms with Gasteiger partial charge in [-0.05, 0) is 73.0 Å². The van der Waals surface area contributed by atoms with E-state index in [9.17, 15) is 14.7 Å². The Bertz CT molecular complexity index is 1410. The number of nitrogens with zero attached hydrogens (tertiary/aromatic N) is 1. The summed E-state index contributed by atoms with van der Waals surface area (Å²) in [5.41, 5.74) is 1.24. The van der Waals surface area contributed by atoms with Gasteiger partial charge in [0, 0.05) is 32.3 Å². The molecule has 42 heavy (non-hydrogen) atoms. The molecule has 0 fully saturated rings. The molecule has 0 spiro atoms. The van der Waals surface area contributed by atoms with Gasteiger partial charge in [0.2, 0.25) is 0 Å². The van der Waals surface area contributed by atoms with Crippen LogP contribution in [0.2, 0.25) is 0 Å². The van der Waals surface area contributed by atoms with Crippen LogP contribution in [-0.2, 0) is 22.5 Å². The third-order valence-electron chi connectivity index (χ3n) is 6.80. The molecule has 4 rings (SSSR count). The van der Waals surface area contributed by atoms with Crippen LogP contribution in [0.5, 0.6) is 17.2 Å². The van der Waals surface area contributed by atoms with Crippen molar-refractivity contribution in [3.05, 3.63) is 120 Å². The fourth-order valence-electron chi connectivity index (χ4n) is 4.26. The van der Waals surface area contributed by atoms with Gasteiger partial charge in [-0.3, -0.25) is 0 Å². The van der Waals surface area contributed by atoms with Gasteiger partial charge >= 0.3 is 12.0 Å². The van der Waals surface area contributed by atoms with Crippen LogP contribution in [0.15, 0.2) is 109 Å². The first kappa shape index (κ1) is 30.1. The molecule has 8 heteroatoms. The number of ether oxygens (including phenoxy) is 3. The highest BCUT2D eigenvalue weighted by atomic mass is 16.5. The van der Waals surface area contributed by atoms with E-state index in [-0.39, 0.29) is 12.5 Å². The Balaban J connectivity index is 1.31. The van der Waals surface area contributed by atoms with Crippen molar-refractivity contribution in [2.24, 2.45) is 0 Å². The number of amides is 2. The molecule has 1 unspecified atom stereocenters. The number of aliphatic carboxylic acids is 1. The lowest BCUT2D eigenvalue weighted by Gasteiger charge is -2.24. The van der Waals surface area contributed by atoms with E-state index < -0.39 is 11.6 Å². The standard InChI is InChI=1S/C34H36N2O6/c1-34(40-2,32(37)38)24-26-14-18-29(19-15-26)41-23-9-22-36(25-27-10-5-3-6-11-27)33(39)35-28-16-20-31(21-17-28)42-30-12-7-4-8-13-30/h3-8,10-21H,9,22-25H2,1-2H3,(H,35,39)(H,37,38). The van der Waals surface area contributed by atoms with E-state index in [1.807, 2.05) is 109 Å². The van der Waals surface area contributed by atoms with Gasteiger partial charge in [0.15, 0.2) is 5.60 Å². The molecule has 4 aromatic rings. The monoisotopic (exact) mass is 568 g/mol. The number of para-hydroxylation sites is 1. The Morgan fingerprint density at radius 3 is 2.00 bits per heavy atom. The summed E-state index contributed by atoms with van der Waals surface area (Å²) in [6, 6.07) is 33.7. The van der Waals surface area contributed by atoms with Crippen LogP contribution in [0.3, 0.4) is 0 Å². The van der Waals surface area contributed by atoms with Crippen LogP contribution in [0.4, 0.5) is 10.5 Å². The van der Waals surface area contributed by atoms with Crippen molar-refractivity contribution < 1.29 is 28.9 Å². The summed E-state index contributed by atoms with van der Waals surface area (Å²) < 4.78 is 16.9. The summed E-state index contributed by atoms with van der Waals surface area (Å²) in [5.74, 6) is 1.09. The number of carbonyl (C=O) groups is 2. The van der Waals surface area contributed by atoms with Crippen molar-refractivity contribution in [2.45, 2.75) is 31.9 Å². The minimum absolute atomic E-state index is 0.209. The minimum atomic E-state index is -1.29. The summed E-state index contributed by atoms with van der Waals surface area (Å²) in [5, 5.41) is 12.4.